The van der Waals surface area contributed by atoms with E-state index in [0.717, 1.165) is 17.4 Å². The largest absolute Gasteiger partial charge is 0.508 e. The minimum atomic E-state index is 0.317. The molecule has 2 N–H and O–H groups in total. The van der Waals surface area contributed by atoms with Crippen molar-refractivity contribution in [2.24, 2.45) is 0 Å². The summed E-state index contributed by atoms with van der Waals surface area (Å²) >= 11 is 5.26. The third-order valence-electron chi connectivity index (χ3n) is 2.76. The van der Waals surface area contributed by atoms with Gasteiger partial charge in [0.05, 0.1) is 0 Å². The van der Waals surface area contributed by atoms with E-state index in [9.17, 15) is 5.11 Å². The lowest BCUT2D eigenvalue weighted by atomic mass is 10.0. The Hall–Kier alpha value is -0.840. The maximum Gasteiger partial charge on any atom is 0.115 e. The molecule has 18 heavy (non-hydrogen) atoms. The first kappa shape index (κ1) is 13.6. The molecule has 0 aliphatic carbocycles. The number of thiophene rings is 1. The van der Waals surface area contributed by atoms with Crippen LogP contribution in [-0.2, 0) is 6.42 Å². The van der Waals surface area contributed by atoms with Crippen LogP contribution < -0.4 is 5.32 Å². The number of likely N-dealkylation sites (N-methyl/N-ethyl adjacent to an activating group) is 1. The number of benzene rings is 1. The summed E-state index contributed by atoms with van der Waals surface area (Å²) in [6.07, 6.45) is 0.932. The molecule has 0 aliphatic heterocycles. The normalized spacial score (nSPS) is 12.6. The van der Waals surface area contributed by atoms with Crippen LogP contribution in [0.2, 0.25) is 0 Å². The lowest BCUT2D eigenvalue weighted by molar-refractivity contribution is 0.474. The van der Waals surface area contributed by atoms with Crippen LogP contribution in [0.25, 0.3) is 0 Å². The Bertz CT molecular complexity index is 495. The topological polar surface area (TPSA) is 32.3 Å². The highest BCUT2D eigenvalue weighted by molar-refractivity contribution is 9.10. The fourth-order valence-electron chi connectivity index (χ4n) is 1.90. The number of phenolic OH excluding ortho intramolecular Hbond substituents is 1. The molecule has 1 aromatic heterocycles. The molecule has 2 aromatic rings. The van der Waals surface area contributed by atoms with Crippen LogP contribution >= 0.6 is 27.3 Å². The molecular formula is C14H16BrNOS. The fourth-order valence-corrected chi connectivity index (χ4v) is 3.42. The second kappa shape index (κ2) is 6.36. The standard InChI is InChI=1S/C14H16BrNOS/c1-2-16-13(14-8-11(15)9-18-14)7-10-3-5-12(17)6-4-10/h3-6,8-9,13,16-17H,2,7H2,1H3. The van der Waals surface area contributed by atoms with Crippen LogP contribution in [-0.4, -0.2) is 11.7 Å². The summed E-state index contributed by atoms with van der Waals surface area (Å²) < 4.78 is 1.14. The van der Waals surface area contributed by atoms with Crippen LogP contribution in [0.3, 0.4) is 0 Å². The van der Waals surface area contributed by atoms with Crippen LogP contribution in [0.4, 0.5) is 0 Å². The summed E-state index contributed by atoms with van der Waals surface area (Å²) in [7, 11) is 0. The summed E-state index contributed by atoms with van der Waals surface area (Å²) in [6, 6.07) is 9.92. The van der Waals surface area contributed by atoms with Crippen molar-refractivity contribution in [1.29, 1.82) is 0 Å². The number of phenols is 1. The smallest absolute Gasteiger partial charge is 0.115 e. The van der Waals surface area contributed by atoms with Gasteiger partial charge in [0, 0.05) is 20.8 Å². The van der Waals surface area contributed by atoms with E-state index >= 15 is 0 Å². The molecular weight excluding hydrogens is 310 g/mol. The molecule has 0 amide bonds. The van der Waals surface area contributed by atoms with E-state index in [1.54, 1.807) is 23.5 Å². The molecule has 1 unspecified atom stereocenters. The highest BCUT2D eigenvalue weighted by atomic mass is 79.9. The van der Waals surface area contributed by atoms with Crippen molar-refractivity contribution < 1.29 is 5.11 Å². The van der Waals surface area contributed by atoms with Crippen molar-refractivity contribution in [2.45, 2.75) is 19.4 Å². The Kier molecular flexibility index (Phi) is 4.80. The molecule has 2 nitrogen and oxygen atoms in total. The quantitative estimate of drug-likeness (QED) is 0.867. The molecule has 0 radical (unpaired) electrons. The van der Waals surface area contributed by atoms with Crippen molar-refractivity contribution in [3.8, 4) is 5.75 Å². The summed E-state index contributed by atoms with van der Waals surface area (Å²) in [6.45, 7) is 3.06. The molecule has 96 valence electrons. The Labute approximate surface area is 120 Å². The lowest BCUT2D eigenvalue weighted by Crippen LogP contribution is -2.22. The van der Waals surface area contributed by atoms with Gasteiger partial charge in [0.25, 0.3) is 0 Å². The van der Waals surface area contributed by atoms with Gasteiger partial charge in [-0.3, -0.25) is 0 Å². The Morgan fingerprint density at radius 2 is 2.06 bits per heavy atom. The highest BCUT2D eigenvalue weighted by Gasteiger charge is 2.13. The van der Waals surface area contributed by atoms with E-state index in [2.05, 4.69) is 39.6 Å². The van der Waals surface area contributed by atoms with Crippen LogP contribution in [0.1, 0.15) is 23.4 Å². The van der Waals surface area contributed by atoms with E-state index in [1.807, 2.05) is 12.1 Å². The van der Waals surface area contributed by atoms with Gasteiger partial charge in [-0.1, -0.05) is 19.1 Å². The van der Waals surface area contributed by atoms with Crippen molar-refractivity contribution in [1.82, 2.24) is 5.32 Å². The van der Waals surface area contributed by atoms with Gasteiger partial charge in [-0.05, 0) is 52.7 Å². The summed E-state index contributed by atoms with van der Waals surface area (Å²) in [5, 5.41) is 14.9. The first-order chi connectivity index (χ1) is 8.69. The highest BCUT2D eigenvalue weighted by Crippen LogP contribution is 2.28. The number of halogens is 1. The van der Waals surface area contributed by atoms with E-state index in [-0.39, 0.29) is 0 Å². The van der Waals surface area contributed by atoms with Crippen molar-refractivity contribution in [3.63, 3.8) is 0 Å². The molecule has 1 heterocycles. The minimum Gasteiger partial charge on any atom is -0.508 e. The summed E-state index contributed by atoms with van der Waals surface area (Å²) in [5.41, 5.74) is 1.23. The van der Waals surface area contributed by atoms with Gasteiger partial charge in [0.2, 0.25) is 0 Å². The summed E-state index contributed by atoms with van der Waals surface area (Å²) in [5.74, 6) is 0.317. The van der Waals surface area contributed by atoms with Gasteiger partial charge in [-0.2, -0.15) is 0 Å². The van der Waals surface area contributed by atoms with Gasteiger partial charge < -0.3 is 10.4 Å². The summed E-state index contributed by atoms with van der Waals surface area (Å²) in [4.78, 5) is 1.33. The zero-order chi connectivity index (χ0) is 13.0. The predicted molar refractivity (Wildman–Crippen MR) is 80.2 cm³/mol. The van der Waals surface area contributed by atoms with Crippen molar-refractivity contribution in [2.75, 3.05) is 6.54 Å². The van der Waals surface area contributed by atoms with Gasteiger partial charge >= 0.3 is 0 Å². The van der Waals surface area contributed by atoms with E-state index < -0.39 is 0 Å². The first-order valence-electron chi connectivity index (χ1n) is 5.94. The molecule has 0 saturated carbocycles. The molecule has 0 saturated heterocycles. The molecule has 0 bridgehead atoms. The second-order valence-corrected chi connectivity index (χ2v) is 6.01. The SMILES string of the molecule is CCNC(Cc1ccc(O)cc1)c1cc(Br)cs1. The molecule has 1 aromatic carbocycles. The van der Waals surface area contributed by atoms with Crippen LogP contribution in [0.15, 0.2) is 40.2 Å². The number of rotatable bonds is 5. The van der Waals surface area contributed by atoms with Crippen LogP contribution in [0, 0.1) is 0 Å². The Morgan fingerprint density at radius 3 is 2.61 bits per heavy atom. The molecule has 1 atom stereocenters. The number of hydrogen-bond donors (Lipinski definition) is 2. The molecule has 0 fully saturated rings. The van der Waals surface area contributed by atoms with E-state index in [4.69, 9.17) is 0 Å². The molecule has 0 spiro atoms. The molecule has 2 rings (SSSR count). The molecule has 0 aliphatic rings. The molecule has 4 heteroatoms. The maximum absolute atomic E-state index is 9.29. The minimum absolute atomic E-state index is 0.317. The van der Waals surface area contributed by atoms with Crippen LogP contribution in [0.5, 0.6) is 5.75 Å². The average molecular weight is 326 g/mol. The van der Waals surface area contributed by atoms with Gasteiger partial charge in [-0.15, -0.1) is 11.3 Å². The fraction of sp³-hybridized carbons (Fsp3) is 0.286. The Balaban J connectivity index is 2.13. The van der Waals surface area contributed by atoms with Crippen molar-refractivity contribution >= 4 is 27.3 Å². The zero-order valence-electron chi connectivity index (χ0n) is 10.2. The van der Waals surface area contributed by atoms with E-state index in [0.29, 0.717) is 11.8 Å². The zero-order valence-corrected chi connectivity index (χ0v) is 12.6. The number of nitrogens with one attached hydrogen (secondary N) is 1. The van der Waals surface area contributed by atoms with Gasteiger partial charge in [0.1, 0.15) is 5.75 Å². The monoisotopic (exact) mass is 325 g/mol. The first-order valence-corrected chi connectivity index (χ1v) is 7.61. The second-order valence-electron chi connectivity index (χ2n) is 4.15. The van der Waals surface area contributed by atoms with Gasteiger partial charge in [0.15, 0.2) is 0 Å². The number of hydrogen-bond acceptors (Lipinski definition) is 3. The third kappa shape index (κ3) is 3.57. The lowest BCUT2D eigenvalue weighted by Gasteiger charge is -2.16. The average Bonchev–Trinajstić information content (AvgIpc) is 2.78. The van der Waals surface area contributed by atoms with Crippen molar-refractivity contribution in [3.05, 3.63) is 50.6 Å². The van der Waals surface area contributed by atoms with E-state index in [1.165, 1.54) is 10.4 Å². The third-order valence-corrected chi connectivity index (χ3v) is 4.57. The number of aromatic hydroxyl groups is 1. The Morgan fingerprint density at radius 1 is 1.33 bits per heavy atom. The van der Waals surface area contributed by atoms with Gasteiger partial charge in [-0.25, -0.2) is 0 Å². The predicted octanol–water partition coefficient (Wildman–Crippen LogP) is 4.11. The maximum atomic E-state index is 9.29.